The van der Waals surface area contributed by atoms with Gasteiger partial charge in [-0.25, -0.2) is 8.42 Å². The number of anilines is 1. The summed E-state index contributed by atoms with van der Waals surface area (Å²) in [5, 5.41) is 3.15. The number of carbonyl (C=O) groups is 1. The second kappa shape index (κ2) is 9.83. The fourth-order valence-corrected chi connectivity index (χ4v) is 9.50. The number of hydrogen-bond acceptors (Lipinski definition) is 4. The molecule has 0 aromatic heterocycles. The molecular weight excluding hydrogens is 508 g/mol. The lowest BCUT2D eigenvalue weighted by atomic mass is 9.48. The predicted molar refractivity (Wildman–Crippen MR) is 154 cm³/mol. The summed E-state index contributed by atoms with van der Waals surface area (Å²) in [6.45, 7) is 3.96. The first-order valence-corrected chi connectivity index (χ1v) is 16.6. The van der Waals surface area contributed by atoms with Crippen molar-refractivity contribution in [2.75, 3.05) is 17.1 Å². The molecule has 0 saturated heterocycles. The highest BCUT2D eigenvalue weighted by molar-refractivity contribution is 7.92. The minimum Gasteiger partial charge on any atom is -0.487 e. The van der Waals surface area contributed by atoms with Gasteiger partial charge in [-0.15, -0.1) is 0 Å². The third-order valence-electron chi connectivity index (χ3n) is 10.3. The summed E-state index contributed by atoms with van der Waals surface area (Å²) >= 11 is 0. The molecule has 2 aromatic rings. The second-order valence-corrected chi connectivity index (χ2v) is 14.8. The van der Waals surface area contributed by atoms with Crippen molar-refractivity contribution in [1.82, 2.24) is 5.32 Å². The molecule has 1 aliphatic heterocycles. The van der Waals surface area contributed by atoms with Crippen molar-refractivity contribution < 1.29 is 17.9 Å². The number of fused-ring (bicyclic) bond motifs is 1. The lowest BCUT2D eigenvalue weighted by Gasteiger charge is -2.57. The number of nitrogens with zero attached hydrogens (tertiary/aromatic N) is 1. The summed E-state index contributed by atoms with van der Waals surface area (Å²) in [4.78, 5) is 13.4. The van der Waals surface area contributed by atoms with E-state index in [0.717, 1.165) is 41.9 Å². The molecule has 7 heteroatoms. The van der Waals surface area contributed by atoms with Crippen molar-refractivity contribution in [3.8, 4) is 5.75 Å². The van der Waals surface area contributed by atoms with Gasteiger partial charge >= 0.3 is 0 Å². The Bertz CT molecular complexity index is 1300. The van der Waals surface area contributed by atoms with Crippen LogP contribution in [0.2, 0.25) is 0 Å². The Morgan fingerprint density at radius 1 is 0.923 bits per heavy atom. The van der Waals surface area contributed by atoms with Gasteiger partial charge in [-0.1, -0.05) is 44.2 Å². The van der Waals surface area contributed by atoms with Gasteiger partial charge in [0.05, 0.1) is 18.0 Å². The van der Waals surface area contributed by atoms with Gasteiger partial charge in [0.25, 0.3) is 0 Å². The normalized spacial score (nSPS) is 30.3. The minimum absolute atomic E-state index is 0.234. The first kappa shape index (κ1) is 26.7. The number of nitrogens with one attached hydrogen (secondary N) is 1. The van der Waals surface area contributed by atoms with Crippen LogP contribution in [-0.2, 0) is 20.2 Å². The van der Waals surface area contributed by atoms with Gasteiger partial charge < -0.3 is 10.1 Å². The molecule has 210 valence electrons. The quantitative estimate of drug-likeness (QED) is 0.430. The van der Waals surface area contributed by atoms with E-state index in [2.05, 4.69) is 31.3 Å². The van der Waals surface area contributed by atoms with E-state index >= 15 is 0 Å². The van der Waals surface area contributed by atoms with Gasteiger partial charge in [0.1, 0.15) is 17.9 Å². The van der Waals surface area contributed by atoms with Gasteiger partial charge in [0, 0.05) is 12.0 Å². The molecule has 4 aliphatic carbocycles. The number of sulfonamides is 1. The van der Waals surface area contributed by atoms with Crippen molar-refractivity contribution in [1.29, 1.82) is 0 Å². The van der Waals surface area contributed by atoms with Crippen LogP contribution in [-0.4, -0.2) is 32.7 Å². The van der Waals surface area contributed by atoms with Gasteiger partial charge in [0.15, 0.2) is 0 Å². The molecule has 6 nitrogen and oxygen atoms in total. The minimum atomic E-state index is -3.66. The van der Waals surface area contributed by atoms with Gasteiger partial charge in [-0.3, -0.25) is 9.10 Å². The highest BCUT2D eigenvalue weighted by atomic mass is 32.2. The van der Waals surface area contributed by atoms with Crippen molar-refractivity contribution in [2.45, 2.75) is 88.7 Å². The number of rotatable bonds is 8. The average Bonchev–Trinajstić information content (AvgIpc) is 2.90. The Morgan fingerprint density at radius 2 is 1.51 bits per heavy atom. The summed E-state index contributed by atoms with van der Waals surface area (Å²) in [5.74, 6) is 3.02. The van der Waals surface area contributed by atoms with Crippen LogP contribution in [0.5, 0.6) is 5.75 Å². The molecule has 7 rings (SSSR count). The number of hydrogen-bond donors (Lipinski definition) is 1. The maximum Gasteiger partial charge on any atom is 0.241 e. The van der Waals surface area contributed by atoms with Crippen LogP contribution in [0.4, 0.5) is 5.69 Å². The molecule has 39 heavy (non-hydrogen) atoms. The Labute approximate surface area is 233 Å². The van der Waals surface area contributed by atoms with E-state index in [4.69, 9.17) is 4.74 Å². The molecule has 1 amide bonds. The van der Waals surface area contributed by atoms with Crippen LogP contribution < -0.4 is 14.4 Å². The van der Waals surface area contributed by atoms with Crippen molar-refractivity contribution in [3.05, 3.63) is 59.7 Å². The first-order chi connectivity index (χ1) is 18.6. The molecule has 4 bridgehead atoms. The number of amides is 1. The molecule has 1 N–H and O–H groups in total. The Hall–Kier alpha value is -2.54. The van der Waals surface area contributed by atoms with Crippen LogP contribution >= 0.6 is 0 Å². The van der Waals surface area contributed by atoms with E-state index in [9.17, 15) is 13.2 Å². The van der Waals surface area contributed by atoms with Crippen LogP contribution in [0.3, 0.4) is 0 Å². The number of benzene rings is 2. The second-order valence-electron chi connectivity index (χ2n) is 12.9. The highest BCUT2D eigenvalue weighted by Crippen LogP contribution is 2.60. The molecule has 0 spiro atoms. The maximum atomic E-state index is 13.4. The number of carbonyl (C=O) groups excluding carboxylic acids is 1. The molecule has 2 aromatic carbocycles. The summed E-state index contributed by atoms with van der Waals surface area (Å²) in [6, 6.07) is 15.7. The zero-order valence-electron chi connectivity index (χ0n) is 23.5. The zero-order valence-corrected chi connectivity index (χ0v) is 24.3. The van der Waals surface area contributed by atoms with Gasteiger partial charge in [0.2, 0.25) is 15.9 Å². The van der Waals surface area contributed by atoms with Crippen LogP contribution in [0, 0.1) is 17.8 Å². The standard InChI is InChI=1S/C32H42N2O4S/c1-4-32(5-2)20-28(27-8-6-7-9-29(27)38-32)33-30(35)21-34(39(3,36)37)26-12-10-25(11-13-26)31-17-22-14-23(18-31)16-24(15-22)19-31/h6-13,22-24,28H,4-5,14-21H2,1-3H3,(H,33,35)/t22?,23?,24?,28-,31?/m0/s1. The monoisotopic (exact) mass is 550 g/mol. The molecule has 5 aliphatic rings. The molecule has 4 saturated carbocycles. The lowest BCUT2D eigenvalue weighted by Crippen LogP contribution is -2.48. The van der Waals surface area contributed by atoms with Crippen LogP contribution in [0.15, 0.2) is 48.5 Å². The fourth-order valence-electron chi connectivity index (χ4n) is 8.65. The van der Waals surface area contributed by atoms with E-state index in [1.807, 2.05) is 36.4 Å². The molecule has 4 fully saturated rings. The maximum absolute atomic E-state index is 13.4. The average molecular weight is 551 g/mol. The molecule has 0 unspecified atom stereocenters. The lowest BCUT2D eigenvalue weighted by molar-refractivity contribution is -0.121. The molecule has 1 atom stereocenters. The summed E-state index contributed by atoms with van der Waals surface area (Å²) in [7, 11) is -3.66. The first-order valence-electron chi connectivity index (χ1n) is 14.8. The Balaban J connectivity index is 1.21. The molecule has 0 radical (unpaired) electrons. The summed E-state index contributed by atoms with van der Waals surface area (Å²) < 4.78 is 33.4. The summed E-state index contributed by atoms with van der Waals surface area (Å²) in [6.07, 6.45) is 11.5. The third-order valence-corrected chi connectivity index (χ3v) is 11.5. The topological polar surface area (TPSA) is 75.7 Å². The number of ether oxygens (including phenoxy) is 1. The van der Waals surface area contributed by atoms with Crippen LogP contribution in [0.1, 0.15) is 88.8 Å². The van der Waals surface area contributed by atoms with E-state index in [1.165, 1.54) is 54.6 Å². The largest absolute Gasteiger partial charge is 0.487 e. The third kappa shape index (κ3) is 4.96. The predicted octanol–water partition coefficient (Wildman–Crippen LogP) is 6.12. The summed E-state index contributed by atoms with van der Waals surface area (Å²) in [5.41, 5.74) is 2.73. The SMILES string of the molecule is CCC1(CC)C[C@H](NC(=O)CN(c2ccc(C34CC5CC(CC(C5)C3)C4)cc2)S(C)(=O)=O)c2ccccc2O1. The number of para-hydroxylation sites is 1. The Morgan fingerprint density at radius 3 is 2.08 bits per heavy atom. The van der Waals surface area contributed by atoms with Gasteiger partial charge in [-0.2, -0.15) is 0 Å². The van der Waals surface area contributed by atoms with Crippen molar-refractivity contribution >= 4 is 21.6 Å². The fraction of sp³-hybridized carbons (Fsp3) is 0.594. The Kier molecular flexibility index (Phi) is 6.72. The van der Waals surface area contributed by atoms with Crippen LogP contribution in [0.25, 0.3) is 0 Å². The highest BCUT2D eigenvalue weighted by Gasteiger charge is 2.51. The van der Waals surface area contributed by atoms with Gasteiger partial charge in [-0.05, 0) is 98.3 Å². The van der Waals surface area contributed by atoms with E-state index in [1.54, 1.807) is 0 Å². The van der Waals surface area contributed by atoms with Crippen molar-refractivity contribution in [3.63, 3.8) is 0 Å². The van der Waals surface area contributed by atoms with E-state index in [-0.39, 0.29) is 29.5 Å². The van der Waals surface area contributed by atoms with E-state index < -0.39 is 10.0 Å². The smallest absolute Gasteiger partial charge is 0.241 e. The zero-order chi connectivity index (χ0) is 27.4. The molecular formula is C32H42N2O4S. The van der Waals surface area contributed by atoms with E-state index in [0.29, 0.717) is 12.1 Å². The van der Waals surface area contributed by atoms with Crippen molar-refractivity contribution in [2.24, 2.45) is 17.8 Å². The molecule has 1 heterocycles.